The van der Waals surface area contributed by atoms with E-state index in [4.69, 9.17) is 4.74 Å². The van der Waals surface area contributed by atoms with Crippen LogP contribution in [0, 0.1) is 0 Å². The third-order valence-electron chi connectivity index (χ3n) is 6.03. The number of ether oxygens (including phenoxy) is 1. The largest absolute Gasteiger partial charge is 0.438 e. The molecule has 38 heavy (non-hydrogen) atoms. The molecule has 0 radical (unpaired) electrons. The van der Waals surface area contributed by atoms with Crippen LogP contribution in [0.25, 0.3) is 22.0 Å². The van der Waals surface area contributed by atoms with Crippen molar-refractivity contribution in [3.63, 3.8) is 0 Å². The number of hydrazine groups is 1. The third kappa shape index (κ3) is 4.67. The predicted molar refractivity (Wildman–Crippen MR) is 148 cm³/mol. The lowest BCUT2D eigenvalue weighted by Crippen LogP contribution is -2.29. The predicted octanol–water partition coefficient (Wildman–Crippen LogP) is 5.29. The van der Waals surface area contributed by atoms with E-state index in [2.05, 4.69) is 48.1 Å². The summed E-state index contributed by atoms with van der Waals surface area (Å²) in [5.74, 6) is 3.07. The molecule has 0 aliphatic carbocycles. The number of nitrogens with one attached hydrogen (secondary N) is 3. The fourth-order valence-electron chi connectivity index (χ4n) is 4.17. The summed E-state index contributed by atoms with van der Waals surface area (Å²) in [6, 6.07) is 21.3. The number of rotatable bonds is 7. The quantitative estimate of drug-likeness (QED) is 0.271. The maximum absolute atomic E-state index is 6.13. The summed E-state index contributed by atoms with van der Waals surface area (Å²) in [4.78, 5) is 13.1. The highest BCUT2D eigenvalue weighted by Gasteiger charge is 2.17. The highest BCUT2D eigenvalue weighted by molar-refractivity contribution is 5.99. The normalized spacial score (nSPS) is 12.9. The molecule has 0 saturated heterocycles. The Hall–Kier alpha value is -5.09. The van der Waals surface area contributed by atoms with Gasteiger partial charge in [-0.3, -0.25) is 5.01 Å². The number of hydrogen-bond acceptors (Lipinski definition) is 10. The summed E-state index contributed by atoms with van der Waals surface area (Å²) < 4.78 is 6.13. The molecule has 0 saturated carbocycles. The minimum Gasteiger partial charge on any atom is -0.438 e. The zero-order valence-corrected chi connectivity index (χ0v) is 20.9. The van der Waals surface area contributed by atoms with Gasteiger partial charge in [-0.2, -0.15) is 0 Å². The number of nitrogens with zero attached hydrogens (tertiary/aromatic N) is 6. The van der Waals surface area contributed by atoms with Gasteiger partial charge in [-0.25, -0.2) is 20.4 Å². The summed E-state index contributed by atoms with van der Waals surface area (Å²) in [6.45, 7) is 2.87. The first-order valence-electron chi connectivity index (χ1n) is 12.1. The van der Waals surface area contributed by atoms with Gasteiger partial charge in [0.1, 0.15) is 5.75 Å². The zero-order chi connectivity index (χ0) is 25.9. The highest BCUT2D eigenvalue weighted by atomic mass is 16.5. The van der Waals surface area contributed by atoms with Crippen LogP contribution in [0.1, 0.15) is 6.92 Å². The molecule has 1 aliphatic heterocycles. The van der Waals surface area contributed by atoms with Crippen molar-refractivity contribution in [2.75, 3.05) is 29.2 Å². The Balaban J connectivity index is 1.23. The Kier molecular flexibility index (Phi) is 6.20. The van der Waals surface area contributed by atoms with Crippen LogP contribution >= 0.6 is 0 Å². The van der Waals surface area contributed by atoms with E-state index >= 15 is 0 Å². The number of aromatic nitrogens is 5. The first-order chi connectivity index (χ1) is 18.7. The van der Waals surface area contributed by atoms with Crippen LogP contribution in [0.3, 0.4) is 0 Å². The molecule has 4 heterocycles. The average Bonchev–Trinajstić information content (AvgIpc) is 3.40. The molecule has 0 bridgehead atoms. The van der Waals surface area contributed by atoms with Gasteiger partial charge in [0.2, 0.25) is 11.8 Å². The Morgan fingerprint density at radius 1 is 0.895 bits per heavy atom. The summed E-state index contributed by atoms with van der Waals surface area (Å²) >= 11 is 0. The van der Waals surface area contributed by atoms with Crippen molar-refractivity contribution >= 4 is 34.0 Å². The van der Waals surface area contributed by atoms with Crippen LogP contribution in [-0.4, -0.2) is 38.7 Å². The molecule has 0 fully saturated rings. The van der Waals surface area contributed by atoms with Gasteiger partial charge in [0.25, 0.3) is 0 Å². The van der Waals surface area contributed by atoms with E-state index in [1.54, 1.807) is 19.4 Å². The van der Waals surface area contributed by atoms with Gasteiger partial charge >= 0.3 is 0 Å². The van der Waals surface area contributed by atoms with Crippen molar-refractivity contribution in [2.45, 2.75) is 6.92 Å². The van der Waals surface area contributed by atoms with E-state index in [-0.39, 0.29) is 0 Å². The van der Waals surface area contributed by atoms with Crippen molar-refractivity contribution in [1.29, 1.82) is 0 Å². The maximum atomic E-state index is 6.13. The summed E-state index contributed by atoms with van der Waals surface area (Å²) in [6.07, 6.45) is 5.43. The van der Waals surface area contributed by atoms with Crippen molar-refractivity contribution in [3.8, 4) is 22.9 Å². The number of hydrogen-bond donors (Lipinski definition) is 3. The second kappa shape index (κ2) is 10.1. The molecule has 0 unspecified atom stereocenters. The summed E-state index contributed by atoms with van der Waals surface area (Å²) in [5.41, 5.74) is 6.90. The first kappa shape index (κ1) is 23.3. The van der Waals surface area contributed by atoms with E-state index < -0.39 is 0 Å². The molecule has 188 valence electrons. The Morgan fingerprint density at radius 3 is 2.53 bits per heavy atom. The second-order valence-corrected chi connectivity index (χ2v) is 8.72. The smallest absolute Gasteiger partial charge is 0.228 e. The highest BCUT2D eigenvalue weighted by Crippen LogP contribution is 2.33. The van der Waals surface area contributed by atoms with Crippen molar-refractivity contribution in [1.82, 2.24) is 30.6 Å². The van der Waals surface area contributed by atoms with Gasteiger partial charge in [0.05, 0.1) is 11.3 Å². The minimum atomic E-state index is 0.459. The third-order valence-corrected chi connectivity index (χ3v) is 6.03. The lowest BCUT2D eigenvalue weighted by atomic mass is 10.1. The van der Waals surface area contributed by atoms with Crippen LogP contribution in [0.5, 0.6) is 11.6 Å². The SMILES string of the molecule is CNc1nccc(-c2cccnc2Oc2ccc(Nc3nnc(N4C=C(C)CN4)c4ccccc34)cc2)n1. The van der Waals surface area contributed by atoms with Crippen molar-refractivity contribution in [3.05, 3.63) is 90.9 Å². The van der Waals surface area contributed by atoms with Crippen molar-refractivity contribution < 1.29 is 4.74 Å². The Bertz CT molecular complexity index is 1640. The molecule has 0 amide bonds. The van der Waals surface area contributed by atoms with Crippen LogP contribution < -0.4 is 25.8 Å². The number of fused-ring (bicyclic) bond motifs is 1. The Labute approximate surface area is 219 Å². The summed E-state index contributed by atoms with van der Waals surface area (Å²) in [5, 5.41) is 19.2. The monoisotopic (exact) mass is 503 g/mol. The first-order valence-corrected chi connectivity index (χ1v) is 12.1. The number of benzene rings is 2. The molecule has 10 heteroatoms. The second-order valence-electron chi connectivity index (χ2n) is 8.72. The average molecular weight is 504 g/mol. The molecular formula is C28H25N9O. The standard InChI is InChI=1S/C28H25N9O/c1-18-16-32-37(17-18)26-22-7-4-3-6-21(22)25(35-36-26)33-19-9-11-20(12-10-19)38-27-23(8-5-14-30-27)24-13-15-31-28(29-2)34-24/h3-15,17,32H,16H2,1-2H3,(H,33,35)(H,29,31,34). The van der Waals surface area contributed by atoms with Gasteiger partial charge in [-0.05, 0) is 55.0 Å². The molecule has 2 aromatic carbocycles. The lowest BCUT2D eigenvalue weighted by Gasteiger charge is -2.18. The number of anilines is 4. The van der Waals surface area contributed by atoms with Crippen LogP contribution in [0.15, 0.2) is 90.9 Å². The molecule has 10 nitrogen and oxygen atoms in total. The molecule has 3 N–H and O–H groups in total. The zero-order valence-electron chi connectivity index (χ0n) is 20.9. The molecule has 6 rings (SSSR count). The Morgan fingerprint density at radius 2 is 1.74 bits per heavy atom. The van der Waals surface area contributed by atoms with E-state index in [9.17, 15) is 0 Å². The van der Waals surface area contributed by atoms with E-state index in [1.807, 2.05) is 77.9 Å². The van der Waals surface area contributed by atoms with Crippen LogP contribution in [0.4, 0.5) is 23.3 Å². The van der Waals surface area contributed by atoms with Gasteiger partial charge < -0.3 is 15.4 Å². The van der Waals surface area contributed by atoms with Gasteiger partial charge in [-0.1, -0.05) is 24.3 Å². The van der Waals surface area contributed by atoms with Gasteiger partial charge in [0.15, 0.2) is 11.6 Å². The fourth-order valence-corrected chi connectivity index (χ4v) is 4.17. The summed E-state index contributed by atoms with van der Waals surface area (Å²) in [7, 11) is 1.78. The molecule has 0 spiro atoms. The fraction of sp³-hybridized carbons (Fsp3) is 0.107. The van der Waals surface area contributed by atoms with E-state index in [0.717, 1.165) is 40.1 Å². The molecular weight excluding hydrogens is 478 g/mol. The molecule has 5 aromatic rings. The molecule has 3 aromatic heterocycles. The lowest BCUT2D eigenvalue weighted by molar-refractivity contribution is 0.465. The topological polar surface area (TPSA) is 113 Å². The van der Waals surface area contributed by atoms with Crippen molar-refractivity contribution in [2.24, 2.45) is 0 Å². The van der Waals surface area contributed by atoms with Crippen LogP contribution in [0.2, 0.25) is 0 Å². The number of pyridine rings is 1. The minimum absolute atomic E-state index is 0.459. The van der Waals surface area contributed by atoms with Gasteiger partial charge in [0, 0.05) is 48.6 Å². The maximum Gasteiger partial charge on any atom is 0.228 e. The molecule has 0 atom stereocenters. The van der Waals surface area contributed by atoms with E-state index in [1.165, 1.54) is 5.57 Å². The van der Waals surface area contributed by atoms with Gasteiger partial charge in [-0.15, -0.1) is 10.2 Å². The van der Waals surface area contributed by atoms with E-state index in [0.29, 0.717) is 23.4 Å². The van der Waals surface area contributed by atoms with Crippen LogP contribution in [-0.2, 0) is 0 Å². The molecule has 1 aliphatic rings.